The van der Waals surface area contributed by atoms with Gasteiger partial charge in [-0.3, -0.25) is 0 Å². The molecular weight excluding hydrogens is 295 g/mol. The molecule has 130 valence electrons. The summed E-state index contributed by atoms with van der Waals surface area (Å²) < 4.78 is 13.3. The van der Waals surface area contributed by atoms with Gasteiger partial charge in [-0.05, 0) is 51.3 Å². The Hall–Kier alpha value is -1.17. The summed E-state index contributed by atoms with van der Waals surface area (Å²) >= 11 is 0. The van der Waals surface area contributed by atoms with Gasteiger partial charge in [-0.2, -0.15) is 0 Å². The Morgan fingerprint density at radius 2 is 1.83 bits per heavy atom. The van der Waals surface area contributed by atoms with Crippen molar-refractivity contribution >= 4 is 5.69 Å². The molecule has 0 radical (unpaired) electrons. The number of likely N-dealkylation sites (N-methyl/N-ethyl adjacent to an activating group) is 1. The quantitative estimate of drug-likeness (QED) is 0.876. The summed E-state index contributed by atoms with van der Waals surface area (Å²) in [5.41, 5.74) is 0.766. The highest BCUT2D eigenvalue weighted by Gasteiger charge is 2.23. The lowest BCUT2D eigenvalue weighted by Gasteiger charge is -2.33. The summed E-state index contributed by atoms with van der Waals surface area (Å²) in [6.07, 6.45) is 5.02. The molecule has 2 atom stereocenters. The lowest BCUT2D eigenvalue weighted by Crippen LogP contribution is -2.43. The van der Waals surface area contributed by atoms with Crippen LogP contribution >= 0.6 is 0 Å². The van der Waals surface area contributed by atoms with Crippen LogP contribution in [0.15, 0.2) is 24.3 Å². The van der Waals surface area contributed by atoms with Crippen LogP contribution in [-0.2, 0) is 0 Å². The second-order valence-electron chi connectivity index (χ2n) is 6.49. The lowest BCUT2D eigenvalue weighted by atomic mass is 10.0. The third-order valence-corrected chi connectivity index (χ3v) is 4.74. The fraction of sp³-hybridized carbons (Fsp3) is 0.667. The maximum Gasteiger partial charge on any atom is 0.146 e. The van der Waals surface area contributed by atoms with Crippen molar-refractivity contribution in [3.63, 3.8) is 0 Å². The Kier molecular flexibility index (Phi) is 7.27. The molecule has 5 heteroatoms. The molecule has 0 amide bonds. The van der Waals surface area contributed by atoms with E-state index in [-0.39, 0.29) is 24.6 Å². The van der Waals surface area contributed by atoms with Gasteiger partial charge in [0.15, 0.2) is 0 Å². The number of rotatable bonds is 2. The van der Waals surface area contributed by atoms with E-state index in [1.807, 2.05) is 19.2 Å². The molecule has 0 saturated carbocycles. The molecule has 2 aliphatic heterocycles. The minimum Gasteiger partial charge on any atom is -0.395 e. The van der Waals surface area contributed by atoms with Gasteiger partial charge in [-0.1, -0.05) is 12.1 Å². The second-order valence-corrected chi connectivity index (χ2v) is 6.49. The van der Waals surface area contributed by atoms with Gasteiger partial charge in [0.1, 0.15) is 5.82 Å². The molecular formula is C18H29FN2O2. The SMILES string of the molecule is CN1CCC(O)CC1CO.Fc1ccccc1N1CCCCC1. The molecule has 2 saturated heterocycles. The average Bonchev–Trinajstić information content (AvgIpc) is 2.59. The van der Waals surface area contributed by atoms with E-state index in [1.54, 1.807) is 6.07 Å². The van der Waals surface area contributed by atoms with Crippen LogP contribution in [-0.4, -0.2) is 60.5 Å². The predicted octanol–water partition coefficient (Wildman–Crippen LogP) is 2.25. The van der Waals surface area contributed by atoms with Gasteiger partial charge in [0.05, 0.1) is 18.4 Å². The molecule has 0 aromatic heterocycles. The minimum absolute atomic E-state index is 0.0931. The predicted molar refractivity (Wildman–Crippen MR) is 91.2 cm³/mol. The van der Waals surface area contributed by atoms with E-state index in [9.17, 15) is 9.50 Å². The molecule has 2 heterocycles. The van der Waals surface area contributed by atoms with Crippen LogP contribution in [0.1, 0.15) is 32.1 Å². The summed E-state index contributed by atoms with van der Waals surface area (Å²) in [7, 11) is 1.98. The Balaban J connectivity index is 0.000000174. The molecule has 23 heavy (non-hydrogen) atoms. The van der Waals surface area contributed by atoms with Crippen LogP contribution in [0.5, 0.6) is 0 Å². The molecule has 0 spiro atoms. The highest BCUT2D eigenvalue weighted by Crippen LogP contribution is 2.22. The van der Waals surface area contributed by atoms with E-state index in [1.165, 1.54) is 25.3 Å². The smallest absolute Gasteiger partial charge is 0.146 e. The zero-order valence-corrected chi connectivity index (χ0v) is 14.0. The standard InChI is InChI=1S/C11H14FN.C7H15NO2/c12-10-6-2-3-7-11(10)13-8-4-1-5-9-13;1-8-3-2-7(10)4-6(8)5-9/h2-3,6-7H,1,4-5,8-9H2;6-7,9-10H,2-5H2,1H3. The number of halogens is 1. The molecule has 1 aromatic carbocycles. The molecule has 3 rings (SSSR count). The van der Waals surface area contributed by atoms with E-state index < -0.39 is 0 Å². The molecule has 2 unspecified atom stereocenters. The van der Waals surface area contributed by atoms with Crippen molar-refractivity contribution in [3.8, 4) is 0 Å². The molecule has 2 aliphatic rings. The summed E-state index contributed by atoms with van der Waals surface area (Å²) in [6, 6.07) is 7.20. The van der Waals surface area contributed by atoms with Crippen molar-refractivity contribution in [2.45, 2.75) is 44.2 Å². The number of aliphatic hydroxyl groups is 2. The number of hydrogen-bond donors (Lipinski definition) is 2. The van der Waals surface area contributed by atoms with Crippen LogP contribution in [0, 0.1) is 5.82 Å². The van der Waals surface area contributed by atoms with Crippen LogP contribution in [0.25, 0.3) is 0 Å². The van der Waals surface area contributed by atoms with Crippen molar-refractivity contribution in [3.05, 3.63) is 30.1 Å². The molecule has 1 aromatic rings. The summed E-state index contributed by atoms with van der Waals surface area (Å²) in [5.74, 6) is -0.0931. The normalized spacial score (nSPS) is 25.7. The third kappa shape index (κ3) is 5.44. The number of piperidine rings is 2. The minimum atomic E-state index is -0.201. The third-order valence-electron chi connectivity index (χ3n) is 4.74. The van der Waals surface area contributed by atoms with E-state index in [0.717, 1.165) is 31.7 Å². The van der Waals surface area contributed by atoms with E-state index in [2.05, 4.69) is 9.80 Å². The van der Waals surface area contributed by atoms with E-state index >= 15 is 0 Å². The van der Waals surface area contributed by atoms with Crippen molar-refractivity contribution in [1.82, 2.24) is 4.90 Å². The number of benzene rings is 1. The van der Waals surface area contributed by atoms with Crippen LogP contribution < -0.4 is 4.90 Å². The molecule has 4 nitrogen and oxygen atoms in total. The number of para-hydroxylation sites is 1. The fourth-order valence-corrected chi connectivity index (χ4v) is 3.20. The Morgan fingerprint density at radius 1 is 1.13 bits per heavy atom. The zero-order chi connectivity index (χ0) is 16.7. The maximum absolute atomic E-state index is 13.3. The van der Waals surface area contributed by atoms with Gasteiger partial charge in [-0.15, -0.1) is 0 Å². The average molecular weight is 324 g/mol. The van der Waals surface area contributed by atoms with Gasteiger partial charge in [0.2, 0.25) is 0 Å². The molecule has 2 N–H and O–H groups in total. The van der Waals surface area contributed by atoms with Gasteiger partial charge in [-0.25, -0.2) is 4.39 Å². The summed E-state index contributed by atoms with van der Waals surface area (Å²) in [5, 5.41) is 18.0. The molecule has 2 fully saturated rings. The molecule has 0 aliphatic carbocycles. The highest BCUT2D eigenvalue weighted by molar-refractivity contribution is 5.47. The number of likely N-dealkylation sites (tertiary alicyclic amines) is 1. The summed E-state index contributed by atoms with van der Waals surface area (Å²) in [4.78, 5) is 4.23. The maximum atomic E-state index is 13.3. The first-order valence-electron chi connectivity index (χ1n) is 8.60. The Bertz CT molecular complexity index is 466. The van der Waals surface area contributed by atoms with Crippen molar-refractivity contribution in [2.24, 2.45) is 0 Å². The number of nitrogens with zero attached hydrogens (tertiary/aromatic N) is 2. The second kappa shape index (κ2) is 9.21. The number of aliphatic hydroxyl groups excluding tert-OH is 2. The molecule has 0 bridgehead atoms. The van der Waals surface area contributed by atoms with Crippen molar-refractivity contribution in [1.29, 1.82) is 0 Å². The van der Waals surface area contributed by atoms with Gasteiger partial charge < -0.3 is 20.0 Å². The Morgan fingerprint density at radius 3 is 2.43 bits per heavy atom. The fourth-order valence-electron chi connectivity index (χ4n) is 3.20. The lowest BCUT2D eigenvalue weighted by molar-refractivity contribution is 0.0307. The first-order valence-corrected chi connectivity index (χ1v) is 8.60. The summed E-state index contributed by atoms with van der Waals surface area (Å²) in [6.45, 7) is 3.06. The Labute approximate surface area is 138 Å². The van der Waals surface area contributed by atoms with Crippen LogP contribution in [0.3, 0.4) is 0 Å². The first kappa shape index (κ1) is 18.2. The van der Waals surface area contributed by atoms with Crippen LogP contribution in [0.4, 0.5) is 10.1 Å². The van der Waals surface area contributed by atoms with Gasteiger partial charge in [0, 0.05) is 25.7 Å². The van der Waals surface area contributed by atoms with E-state index in [0.29, 0.717) is 6.42 Å². The van der Waals surface area contributed by atoms with Crippen molar-refractivity contribution < 1.29 is 14.6 Å². The van der Waals surface area contributed by atoms with Crippen molar-refractivity contribution in [2.75, 3.05) is 38.2 Å². The zero-order valence-electron chi connectivity index (χ0n) is 14.0. The van der Waals surface area contributed by atoms with Gasteiger partial charge in [0.25, 0.3) is 0 Å². The first-order chi connectivity index (χ1) is 11.1. The van der Waals surface area contributed by atoms with Crippen LogP contribution in [0.2, 0.25) is 0 Å². The number of hydrogen-bond acceptors (Lipinski definition) is 4. The largest absolute Gasteiger partial charge is 0.395 e. The highest BCUT2D eigenvalue weighted by atomic mass is 19.1. The van der Waals surface area contributed by atoms with Gasteiger partial charge >= 0.3 is 0 Å². The van der Waals surface area contributed by atoms with E-state index in [4.69, 9.17) is 5.11 Å². The number of anilines is 1. The monoisotopic (exact) mass is 324 g/mol. The topological polar surface area (TPSA) is 46.9 Å².